The number of anilines is 1. The summed E-state index contributed by atoms with van der Waals surface area (Å²) >= 11 is 11.5. The maximum Gasteiger partial charge on any atom is 0.171 e. The topological polar surface area (TPSA) is 49.1 Å². The molecule has 0 fully saturated rings. The lowest BCUT2D eigenvalue weighted by atomic mass is 10.1. The van der Waals surface area contributed by atoms with Gasteiger partial charge in [0.15, 0.2) is 5.11 Å². The van der Waals surface area contributed by atoms with E-state index in [2.05, 4.69) is 27.8 Å². The molecule has 1 aliphatic rings. The number of fused-ring (bicyclic) bond motifs is 3. The molecule has 1 aliphatic carbocycles. The molecule has 4 nitrogen and oxygen atoms in total. The lowest BCUT2D eigenvalue weighted by Crippen LogP contribution is -2.38. The van der Waals surface area contributed by atoms with E-state index in [1.165, 1.54) is 16.6 Å². The van der Waals surface area contributed by atoms with E-state index in [9.17, 15) is 0 Å². The quantitative estimate of drug-likeness (QED) is 0.577. The lowest BCUT2D eigenvalue weighted by Gasteiger charge is -2.17. The third-order valence-corrected chi connectivity index (χ3v) is 5.33. The van der Waals surface area contributed by atoms with Crippen LogP contribution in [0.4, 0.5) is 5.69 Å². The second kappa shape index (κ2) is 6.82. The van der Waals surface area contributed by atoms with Crippen molar-refractivity contribution < 1.29 is 4.74 Å². The molecule has 1 atom stereocenters. The van der Waals surface area contributed by atoms with Crippen molar-refractivity contribution in [1.82, 2.24) is 10.3 Å². The van der Waals surface area contributed by atoms with E-state index in [1.807, 2.05) is 31.2 Å². The zero-order chi connectivity index (χ0) is 18.3. The summed E-state index contributed by atoms with van der Waals surface area (Å²) in [6, 6.07) is 12.2. The monoisotopic (exact) mass is 385 g/mol. The molecule has 3 N–H and O–H groups in total. The summed E-state index contributed by atoms with van der Waals surface area (Å²) in [5.41, 5.74) is 5.82. The average Bonchev–Trinajstić information content (AvgIpc) is 3.14. The molecule has 6 heteroatoms. The largest absolute Gasteiger partial charge is 0.497 e. The van der Waals surface area contributed by atoms with Crippen LogP contribution in [-0.2, 0) is 12.8 Å². The molecule has 2 aromatic carbocycles. The normalized spacial score (nSPS) is 15.7. The van der Waals surface area contributed by atoms with E-state index in [4.69, 9.17) is 28.6 Å². The van der Waals surface area contributed by atoms with Gasteiger partial charge in [0, 0.05) is 39.8 Å². The second-order valence-corrected chi connectivity index (χ2v) is 7.50. The Kier molecular flexibility index (Phi) is 4.51. The van der Waals surface area contributed by atoms with Gasteiger partial charge in [-0.1, -0.05) is 11.6 Å². The van der Waals surface area contributed by atoms with Gasteiger partial charge in [0.25, 0.3) is 0 Å². The number of rotatable bonds is 3. The van der Waals surface area contributed by atoms with Crippen LogP contribution in [0.25, 0.3) is 10.9 Å². The Balaban J connectivity index is 1.45. The molecule has 0 amide bonds. The summed E-state index contributed by atoms with van der Waals surface area (Å²) in [4.78, 5) is 3.52. The summed E-state index contributed by atoms with van der Waals surface area (Å²) in [5.74, 6) is 0.881. The number of H-pyrrole nitrogens is 1. The van der Waals surface area contributed by atoms with Crippen molar-refractivity contribution in [3.8, 4) is 5.75 Å². The molecular weight excluding hydrogens is 366 g/mol. The van der Waals surface area contributed by atoms with Crippen molar-refractivity contribution in [2.45, 2.75) is 25.8 Å². The van der Waals surface area contributed by atoms with E-state index in [0.29, 0.717) is 5.11 Å². The fraction of sp³-hybridized carbons (Fsp3) is 0.250. The van der Waals surface area contributed by atoms with Crippen LogP contribution >= 0.6 is 23.8 Å². The molecule has 1 unspecified atom stereocenters. The highest BCUT2D eigenvalue weighted by molar-refractivity contribution is 7.80. The van der Waals surface area contributed by atoms with Gasteiger partial charge >= 0.3 is 0 Å². The Hall–Kier alpha value is -2.24. The van der Waals surface area contributed by atoms with Crippen LogP contribution in [0, 0.1) is 6.92 Å². The van der Waals surface area contributed by atoms with Gasteiger partial charge in [-0.2, -0.15) is 0 Å². The summed E-state index contributed by atoms with van der Waals surface area (Å²) in [7, 11) is 1.70. The van der Waals surface area contributed by atoms with Gasteiger partial charge in [0.1, 0.15) is 5.75 Å². The van der Waals surface area contributed by atoms with E-state index < -0.39 is 0 Å². The van der Waals surface area contributed by atoms with Crippen molar-refractivity contribution in [1.29, 1.82) is 0 Å². The number of ether oxygens (including phenoxy) is 1. The first kappa shape index (κ1) is 17.2. The highest BCUT2D eigenvalue weighted by atomic mass is 35.5. The molecule has 1 aromatic heterocycles. The Morgan fingerprint density at radius 1 is 1.23 bits per heavy atom. The van der Waals surface area contributed by atoms with Crippen LogP contribution in [0.5, 0.6) is 5.75 Å². The number of hydrogen-bond acceptors (Lipinski definition) is 2. The van der Waals surface area contributed by atoms with Gasteiger partial charge in [-0.25, -0.2) is 0 Å². The number of halogens is 1. The van der Waals surface area contributed by atoms with Crippen LogP contribution in [0.2, 0.25) is 5.02 Å². The van der Waals surface area contributed by atoms with Crippen LogP contribution in [0.15, 0.2) is 36.4 Å². The molecule has 0 spiro atoms. The van der Waals surface area contributed by atoms with E-state index in [1.54, 1.807) is 7.11 Å². The van der Waals surface area contributed by atoms with Crippen LogP contribution in [0.1, 0.15) is 16.8 Å². The number of thiocarbonyl (C=S) groups is 1. The van der Waals surface area contributed by atoms with Crippen molar-refractivity contribution in [3.63, 3.8) is 0 Å². The molecule has 1 heterocycles. The molecule has 3 aromatic rings. The van der Waals surface area contributed by atoms with Crippen molar-refractivity contribution in [2.75, 3.05) is 12.4 Å². The molecule has 134 valence electrons. The standard InChI is InChI=1S/C20H20ClN3OS/c1-11-7-12(21)3-5-17(11)24-20(26)22-13-8-15-16-10-14(25-2)4-6-18(16)23-19(15)9-13/h3-7,10,13,23H,8-9H2,1-2H3,(H2,22,24,26). The lowest BCUT2D eigenvalue weighted by molar-refractivity contribution is 0.415. The Bertz CT molecular complexity index is 998. The predicted molar refractivity (Wildman–Crippen MR) is 112 cm³/mol. The third kappa shape index (κ3) is 3.24. The van der Waals surface area contributed by atoms with E-state index >= 15 is 0 Å². The molecule has 26 heavy (non-hydrogen) atoms. The van der Waals surface area contributed by atoms with Crippen LogP contribution in [-0.4, -0.2) is 23.2 Å². The zero-order valence-corrected chi connectivity index (χ0v) is 16.2. The number of methoxy groups -OCH3 is 1. The minimum Gasteiger partial charge on any atom is -0.497 e. The Morgan fingerprint density at radius 3 is 2.85 bits per heavy atom. The summed E-state index contributed by atoms with van der Waals surface area (Å²) in [6.45, 7) is 2.01. The number of benzene rings is 2. The third-order valence-electron chi connectivity index (χ3n) is 4.87. The first-order valence-corrected chi connectivity index (χ1v) is 9.33. The van der Waals surface area contributed by atoms with Crippen molar-refractivity contribution in [3.05, 3.63) is 58.2 Å². The molecule has 4 rings (SSSR count). The molecule has 0 bridgehead atoms. The summed E-state index contributed by atoms with van der Waals surface area (Å²) in [5, 5.41) is 9.29. The molecular formula is C20H20ClN3OS. The first-order chi connectivity index (χ1) is 12.5. The number of hydrogen-bond donors (Lipinski definition) is 3. The van der Waals surface area contributed by atoms with Crippen molar-refractivity contribution >= 4 is 45.5 Å². The first-order valence-electron chi connectivity index (χ1n) is 8.54. The van der Waals surface area contributed by atoms with Gasteiger partial charge < -0.3 is 20.4 Å². The Morgan fingerprint density at radius 2 is 2.08 bits per heavy atom. The molecule has 0 radical (unpaired) electrons. The van der Waals surface area contributed by atoms with E-state index in [-0.39, 0.29) is 6.04 Å². The van der Waals surface area contributed by atoms with Gasteiger partial charge in [-0.3, -0.25) is 0 Å². The smallest absolute Gasteiger partial charge is 0.171 e. The molecule has 0 saturated carbocycles. The maximum absolute atomic E-state index is 6.01. The maximum atomic E-state index is 6.01. The highest BCUT2D eigenvalue weighted by Crippen LogP contribution is 2.32. The average molecular weight is 386 g/mol. The number of aryl methyl sites for hydroxylation is 1. The zero-order valence-electron chi connectivity index (χ0n) is 14.7. The molecule has 0 aliphatic heterocycles. The summed E-state index contributed by atoms with van der Waals surface area (Å²) < 4.78 is 5.36. The Labute approximate surface area is 162 Å². The fourth-order valence-corrected chi connectivity index (χ4v) is 4.10. The van der Waals surface area contributed by atoms with Crippen LogP contribution in [0.3, 0.4) is 0 Å². The van der Waals surface area contributed by atoms with Gasteiger partial charge in [0.05, 0.1) is 7.11 Å². The minimum absolute atomic E-state index is 0.277. The van der Waals surface area contributed by atoms with Crippen molar-refractivity contribution in [2.24, 2.45) is 0 Å². The van der Waals surface area contributed by atoms with Gasteiger partial charge in [0.2, 0.25) is 0 Å². The molecule has 0 saturated heterocycles. The van der Waals surface area contributed by atoms with E-state index in [0.717, 1.165) is 40.4 Å². The highest BCUT2D eigenvalue weighted by Gasteiger charge is 2.26. The van der Waals surface area contributed by atoms with Gasteiger partial charge in [-0.15, -0.1) is 0 Å². The van der Waals surface area contributed by atoms with Crippen LogP contribution < -0.4 is 15.4 Å². The second-order valence-electron chi connectivity index (χ2n) is 6.66. The number of aromatic nitrogens is 1. The van der Waals surface area contributed by atoms with Gasteiger partial charge in [-0.05, 0) is 73.1 Å². The number of aromatic amines is 1. The fourth-order valence-electron chi connectivity index (χ4n) is 3.60. The number of nitrogens with one attached hydrogen (secondary N) is 3. The predicted octanol–water partition coefficient (Wildman–Crippen LogP) is 4.59. The summed E-state index contributed by atoms with van der Waals surface area (Å²) in [6.07, 6.45) is 1.86. The minimum atomic E-state index is 0.277. The SMILES string of the molecule is COc1ccc2[nH]c3c(c2c1)CC(NC(=S)Nc1ccc(Cl)cc1C)C3.